The minimum Gasteiger partial charge on any atom is -0.507 e. The number of hydrogen-bond acceptors (Lipinski definition) is 3. The summed E-state index contributed by atoms with van der Waals surface area (Å²) in [6.45, 7) is 0. The second kappa shape index (κ2) is 4.93. The molecule has 0 amide bonds. The Morgan fingerprint density at radius 2 is 2.27 bits per heavy atom. The van der Waals surface area contributed by atoms with Crippen LogP contribution in [-0.4, -0.2) is 18.2 Å². The summed E-state index contributed by atoms with van der Waals surface area (Å²) >= 11 is 3.07. The standard InChI is InChI=1S/C10H8BrFO3/c1-15-9(14)5-8(13)10-6(11)3-2-4-7(10)12/h2-5,13H,1H3/b8-5-. The quantitative estimate of drug-likeness (QED) is 0.512. The van der Waals surface area contributed by atoms with Crippen LogP contribution in [0.1, 0.15) is 5.56 Å². The van der Waals surface area contributed by atoms with Crippen molar-refractivity contribution in [2.75, 3.05) is 7.11 Å². The van der Waals surface area contributed by atoms with E-state index < -0.39 is 17.5 Å². The van der Waals surface area contributed by atoms with E-state index in [9.17, 15) is 14.3 Å². The third kappa shape index (κ3) is 2.79. The van der Waals surface area contributed by atoms with E-state index in [2.05, 4.69) is 20.7 Å². The second-order valence-electron chi connectivity index (χ2n) is 2.65. The van der Waals surface area contributed by atoms with E-state index in [1.54, 1.807) is 6.07 Å². The van der Waals surface area contributed by atoms with Crippen LogP contribution in [-0.2, 0) is 9.53 Å². The fraction of sp³-hybridized carbons (Fsp3) is 0.100. The first-order chi connectivity index (χ1) is 7.06. The molecule has 0 spiro atoms. The van der Waals surface area contributed by atoms with Gasteiger partial charge < -0.3 is 9.84 Å². The lowest BCUT2D eigenvalue weighted by molar-refractivity contribution is -0.134. The molecule has 0 aliphatic rings. The lowest BCUT2D eigenvalue weighted by Gasteiger charge is -2.04. The molecule has 5 heteroatoms. The van der Waals surface area contributed by atoms with Crippen LogP contribution >= 0.6 is 15.9 Å². The molecule has 1 aromatic rings. The van der Waals surface area contributed by atoms with E-state index in [1.165, 1.54) is 19.2 Å². The van der Waals surface area contributed by atoms with Gasteiger partial charge in [0.05, 0.1) is 18.7 Å². The van der Waals surface area contributed by atoms with E-state index in [0.717, 1.165) is 6.08 Å². The highest BCUT2D eigenvalue weighted by Gasteiger charge is 2.12. The van der Waals surface area contributed by atoms with Gasteiger partial charge in [-0.05, 0) is 28.1 Å². The normalized spacial score (nSPS) is 11.3. The van der Waals surface area contributed by atoms with Gasteiger partial charge in [-0.2, -0.15) is 0 Å². The van der Waals surface area contributed by atoms with Crippen LogP contribution in [0.2, 0.25) is 0 Å². The van der Waals surface area contributed by atoms with Gasteiger partial charge in [0.2, 0.25) is 0 Å². The van der Waals surface area contributed by atoms with Gasteiger partial charge in [-0.25, -0.2) is 9.18 Å². The van der Waals surface area contributed by atoms with Gasteiger partial charge in [0.15, 0.2) is 0 Å². The first kappa shape index (κ1) is 11.7. The fourth-order valence-corrected chi connectivity index (χ4v) is 1.53. The van der Waals surface area contributed by atoms with Crippen molar-refractivity contribution in [2.45, 2.75) is 0 Å². The minimum absolute atomic E-state index is 0.0668. The third-order valence-electron chi connectivity index (χ3n) is 1.67. The highest BCUT2D eigenvalue weighted by atomic mass is 79.9. The zero-order valence-corrected chi connectivity index (χ0v) is 9.42. The SMILES string of the molecule is COC(=O)/C=C(\O)c1c(F)cccc1Br. The van der Waals surface area contributed by atoms with E-state index in [1.807, 2.05) is 0 Å². The Bertz CT molecular complexity index is 395. The molecule has 0 saturated heterocycles. The van der Waals surface area contributed by atoms with Crippen LogP contribution in [0.3, 0.4) is 0 Å². The van der Waals surface area contributed by atoms with Crippen molar-refractivity contribution in [1.29, 1.82) is 0 Å². The number of halogens is 2. The van der Waals surface area contributed by atoms with Crippen LogP contribution in [0.4, 0.5) is 4.39 Å². The molecule has 0 saturated carbocycles. The van der Waals surface area contributed by atoms with Gasteiger partial charge in [-0.15, -0.1) is 0 Å². The number of aliphatic hydroxyl groups is 1. The highest BCUT2D eigenvalue weighted by Crippen LogP contribution is 2.25. The Morgan fingerprint density at radius 1 is 1.60 bits per heavy atom. The maximum Gasteiger partial charge on any atom is 0.334 e. The molecule has 15 heavy (non-hydrogen) atoms. The average molecular weight is 275 g/mol. The first-order valence-electron chi connectivity index (χ1n) is 3.99. The van der Waals surface area contributed by atoms with Crippen LogP contribution in [0.5, 0.6) is 0 Å². The molecular weight excluding hydrogens is 267 g/mol. The summed E-state index contributed by atoms with van der Waals surface area (Å²) < 4.78 is 17.9. The molecule has 3 nitrogen and oxygen atoms in total. The Balaban J connectivity index is 3.16. The summed E-state index contributed by atoms with van der Waals surface area (Å²) in [5.41, 5.74) is -0.0668. The Hall–Kier alpha value is -1.36. The van der Waals surface area contributed by atoms with E-state index >= 15 is 0 Å². The number of hydrogen-bond donors (Lipinski definition) is 1. The van der Waals surface area contributed by atoms with Crippen molar-refractivity contribution in [3.05, 3.63) is 40.1 Å². The summed E-state index contributed by atoms with van der Waals surface area (Å²) in [6.07, 6.45) is 0.809. The molecule has 0 unspecified atom stereocenters. The topological polar surface area (TPSA) is 46.5 Å². The average Bonchev–Trinajstić information content (AvgIpc) is 2.17. The van der Waals surface area contributed by atoms with E-state index in [-0.39, 0.29) is 5.56 Å². The summed E-state index contributed by atoms with van der Waals surface area (Å²) in [4.78, 5) is 10.8. The smallest absolute Gasteiger partial charge is 0.334 e. The molecular formula is C10H8BrFO3. The number of aliphatic hydroxyl groups excluding tert-OH is 1. The molecule has 1 rings (SSSR count). The van der Waals surface area contributed by atoms with Crippen LogP contribution in [0.25, 0.3) is 5.76 Å². The van der Waals surface area contributed by atoms with Crippen molar-refractivity contribution >= 4 is 27.7 Å². The van der Waals surface area contributed by atoms with Crippen molar-refractivity contribution in [3.8, 4) is 0 Å². The lowest BCUT2D eigenvalue weighted by atomic mass is 10.1. The number of ether oxygens (including phenoxy) is 1. The molecule has 0 aromatic heterocycles. The predicted octanol–water partition coefficient (Wildman–Crippen LogP) is 2.66. The number of esters is 1. The monoisotopic (exact) mass is 274 g/mol. The fourth-order valence-electron chi connectivity index (χ4n) is 0.985. The summed E-state index contributed by atoms with van der Waals surface area (Å²) in [6, 6.07) is 4.22. The van der Waals surface area contributed by atoms with Crippen molar-refractivity contribution in [1.82, 2.24) is 0 Å². The molecule has 80 valence electrons. The molecule has 0 aliphatic carbocycles. The minimum atomic E-state index is -0.748. The van der Waals surface area contributed by atoms with Gasteiger partial charge in [0.25, 0.3) is 0 Å². The van der Waals surface area contributed by atoms with Crippen LogP contribution < -0.4 is 0 Å². The molecule has 1 N–H and O–H groups in total. The number of carbonyl (C=O) groups is 1. The number of carbonyl (C=O) groups excluding carboxylic acids is 1. The summed E-state index contributed by atoms with van der Waals surface area (Å²) in [5, 5.41) is 9.47. The zero-order chi connectivity index (χ0) is 11.4. The Labute approximate surface area is 94.3 Å². The molecule has 0 atom stereocenters. The van der Waals surface area contributed by atoms with Crippen molar-refractivity contribution < 1.29 is 19.0 Å². The second-order valence-corrected chi connectivity index (χ2v) is 3.50. The molecule has 1 aromatic carbocycles. The molecule has 0 radical (unpaired) electrons. The van der Waals surface area contributed by atoms with E-state index in [4.69, 9.17) is 0 Å². The summed E-state index contributed by atoms with van der Waals surface area (Å²) in [5.74, 6) is -1.85. The van der Waals surface area contributed by atoms with Crippen molar-refractivity contribution in [3.63, 3.8) is 0 Å². The van der Waals surface area contributed by atoms with E-state index in [0.29, 0.717) is 4.47 Å². The molecule has 0 aliphatic heterocycles. The largest absolute Gasteiger partial charge is 0.507 e. The van der Waals surface area contributed by atoms with Gasteiger partial charge in [0.1, 0.15) is 11.6 Å². The predicted molar refractivity (Wildman–Crippen MR) is 56.7 cm³/mol. The lowest BCUT2D eigenvalue weighted by Crippen LogP contribution is -1.98. The van der Waals surface area contributed by atoms with Gasteiger partial charge in [0, 0.05) is 4.47 Å². The number of benzene rings is 1. The Kier molecular flexibility index (Phi) is 3.85. The Morgan fingerprint density at radius 3 is 2.80 bits per heavy atom. The number of rotatable bonds is 2. The van der Waals surface area contributed by atoms with Crippen LogP contribution in [0, 0.1) is 5.82 Å². The first-order valence-corrected chi connectivity index (χ1v) is 4.78. The zero-order valence-electron chi connectivity index (χ0n) is 7.83. The highest BCUT2D eigenvalue weighted by molar-refractivity contribution is 9.10. The molecule has 0 fully saturated rings. The van der Waals surface area contributed by atoms with Gasteiger partial charge >= 0.3 is 5.97 Å². The van der Waals surface area contributed by atoms with Crippen LogP contribution in [0.15, 0.2) is 28.7 Å². The molecule has 0 heterocycles. The van der Waals surface area contributed by atoms with Crippen molar-refractivity contribution in [2.24, 2.45) is 0 Å². The third-order valence-corrected chi connectivity index (χ3v) is 2.34. The molecule has 0 bridgehead atoms. The van der Waals surface area contributed by atoms with Gasteiger partial charge in [-0.1, -0.05) is 6.07 Å². The van der Waals surface area contributed by atoms with Gasteiger partial charge in [-0.3, -0.25) is 0 Å². The number of methoxy groups -OCH3 is 1. The summed E-state index contributed by atoms with van der Waals surface area (Å²) in [7, 11) is 1.17. The maximum absolute atomic E-state index is 13.3. The maximum atomic E-state index is 13.3.